The maximum Gasteiger partial charge on any atom is 0.274 e. The van der Waals surface area contributed by atoms with E-state index in [0.717, 1.165) is 5.56 Å². The van der Waals surface area contributed by atoms with Crippen molar-refractivity contribution in [1.82, 2.24) is 9.97 Å². The molecule has 0 spiro atoms. The predicted molar refractivity (Wildman–Crippen MR) is 89.6 cm³/mol. The van der Waals surface area contributed by atoms with Crippen LogP contribution in [0.15, 0.2) is 36.9 Å². The number of carbonyl (C=O) groups is 1. The summed E-state index contributed by atoms with van der Waals surface area (Å²) in [5.74, 6) is 0.815. The zero-order valence-electron chi connectivity index (χ0n) is 12.5. The third-order valence-corrected chi connectivity index (χ3v) is 3.17. The number of aryl methyl sites for hydroxylation is 2. The molecular weight excluding hydrogens is 300 g/mol. The van der Waals surface area contributed by atoms with Gasteiger partial charge in [-0.3, -0.25) is 4.79 Å². The molecule has 1 amide bonds. The summed E-state index contributed by atoms with van der Waals surface area (Å²) in [7, 11) is 0. The zero-order chi connectivity index (χ0) is 16.1. The van der Waals surface area contributed by atoms with Gasteiger partial charge in [0, 0.05) is 23.3 Å². The first-order chi connectivity index (χ1) is 10.5. The van der Waals surface area contributed by atoms with E-state index in [1.165, 1.54) is 0 Å². The molecule has 0 fully saturated rings. The van der Waals surface area contributed by atoms with Crippen LogP contribution in [-0.2, 0) is 0 Å². The van der Waals surface area contributed by atoms with E-state index in [-0.39, 0.29) is 5.91 Å². The summed E-state index contributed by atoms with van der Waals surface area (Å²) >= 11 is 5.91. The van der Waals surface area contributed by atoms with Crippen molar-refractivity contribution >= 4 is 29.0 Å². The van der Waals surface area contributed by atoms with E-state index in [1.54, 1.807) is 37.3 Å². The van der Waals surface area contributed by atoms with E-state index in [2.05, 4.69) is 27.2 Å². The molecule has 1 aromatic carbocycles. The highest BCUT2D eigenvalue weighted by atomic mass is 35.5. The molecule has 2 N–H and O–H groups in total. The maximum atomic E-state index is 12.3. The number of halogens is 1. The highest BCUT2D eigenvalue weighted by Gasteiger charge is 2.12. The first kappa shape index (κ1) is 16.0. The third-order valence-electron chi connectivity index (χ3n) is 2.93. The number of rotatable bonds is 5. The van der Waals surface area contributed by atoms with Crippen LogP contribution in [0.3, 0.4) is 0 Å². The van der Waals surface area contributed by atoms with Gasteiger partial charge in [-0.1, -0.05) is 17.7 Å². The molecule has 0 unspecified atom stereocenters. The molecule has 22 heavy (non-hydrogen) atoms. The Bertz CT molecular complexity index is 715. The van der Waals surface area contributed by atoms with Gasteiger partial charge >= 0.3 is 0 Å². The SMILES string of the molecule is C=CCNc1cc(C(=O)Nc2ccc(Cl)cc2C)nc(C)n1. The molecule has 0 aliphatic carbocycles. The summed E-state index contributed by atoms with van der Waals surface area (Å²) in [6.07, 6.45) is 1.72. The van der Waals surface area contributed by atoms with E-state index >= 15 is 0 Å². The summed E-state index contributed by atoms with van der Waals surface area (Å²) in [5, 5.41) is 6.50. The highest BCUT2D eigenvalue weighted by Crippen LogP contribution is 2.20. The van der Waals surface area contributed by atoms with Gasteiger partial charge in [0.25, 0.3) is 5.91 Å². The normalized spacial score (nSPS) is 10.1. The lowest BCUT2D eigenvalue weighted by molar-refractivity contribution is 0.102. The maximum absolute atomic E-state index is 12.3. The van der Waals surface area contributed by atoms with Crippen molar-refractivity contribution in [3.8, 4) is 0 Å². The van der Waals surface area contributed by atoms with Crippen molar-refractivity contribution in [3.05, 3.63) is 59.0 Å². The molecule has 0 atom stereocenters. The van der Waals surface area contributed by atoms with Crippen LogP contribution in [0, 0.1) is 13.8 Å². The van der Waals surface area contributed by atoms with Crippen LogP contribution in [0.25, 0.3) is 0 Å². The molecule has 6 heteroatoms. The van der Waals surface area contributed by atoms with Crippen molar-refractivity contribution in [2.75, 3.05) is 17.2 Å². The molecule has 0 bridgehead atoms. The fraction of sp³-hybridized carbons (Fsp3) is 0.188. The largest absolute Gasteiger partial charge is 0.366 e. The van der Waals surface area contributed by atoms with Crippen molar-refractivity contribution in [2.45, 2.75) is 13.8 Å². The minimum atomic E-state index is -0.294. The number of carbonyl (C=O) groups excluding carboxylic acids is 1. The van der Waals surface area contributed by atoms with Crippen LogP contribution in [0.2, 0.25) is 5.02 Å². The Morgan fingerprint density at radius 3 is 2.77 bits per heavy atom. The Morgan fingerprint density at radius 1 is 1.32 bits per heavy atom. The standard InChI is InChI=1S/C16H17ClN4O/c1-4-7-18-15-9-14(19-11(3)20-15)16(22)21-13-6-5-12(17)8-10(13)2/h4-6,8-9H,1,7H2,2-3H3,(H,21,22)(H,18,19,20). The Kier molecular flexibility index (Phi) is 5.12. The first-order valence-corrected chi connectivity index (χ1v) is 7.15. The van der Waals surface area contributed by atoms with Gasteiger partial charge in [-0.25, -0.2) is 9.97 Å². The monoisotopic (exact) mass is 316 g/mol. The topological polar surface area (TPSA) is 66.9 Å². The van der Waals surface area contributed by atoms with Crippen molar-refractivity contribution < 1.29 is 4.79 Å². The zero-order valence-corrected chi connectivity index (χ0v) is 13.2. The lowest BCUT2D eigenvalue weighted by atomic mass is 10.2. The van der Waals surface area contributed by atoms with Gasteiger partial charge in [-0.2, -0.15) is 0 Å². The average molecular weight is 317 g/mol. The van der Waals surface area contributed by atoms with Crippen LogP contribution in [0.4, 0.5) is 11.5 Å². The molecule has 1 aromatic heterocycles. The van der Waals surface area contributed by atoms with Gasteiger partial charge in [0.1, 0.15) is 17.3 Å². The highest BCUT2D eigenvalue weighted by molar-refractivity contribution is 6.30. The number of benzene rings is 1. The second-order valence-electron chi connectivity index (χ2n) is 4.77. The smallest absolute Gasteiger partial charge is 0.274 e. The number of hydrogen-bond acceptors (Lipinski definition) is 4. The Labute approximate surface area is 134 Å². The van der Waals surface area contributed by atoms with Crippen molar-refractivity contribution in [3.63, 3.8) is 0 Å². The molecule has 0 radical (unpaired) electrons. The molecule has 0 aliphatic heterocycles. The van der Waals surface area contributed by atoms with Crippen LogP contribution < -0.4 is 10.6 Å². The molecule has 5 nitrogen and oxygen atoms in total. The minimum absolute atomic E-state index is 0.294. The first-order valence-electron chi connectivity index (χ1n) is 6.77. The molecule has 1 heterocycles. The molecule has 0 aliphatic rings. The van der Waals surface area contributed by atoms with Gasteiger partial charge in [-0.15, -0.1) is 6.58 Å². The Morgan fingerprint density at radius 2 is 2.09 bits per heavy atom. The fourth-order valence-electron chi connectivity index (χ4n) is 1.90. The van der Waals surface area contributed by atoms with Crippen LogP contribution in [0.5, 0.6) is 0 Å². The quantitative estimate of drug-likeness (QED) is 0.827. The number of anilines is 2. The van der Waals surface area contributed by atoms with Crippen molar-refractivity contribution in [2.24, 2.45) is 0 Å². The van der Waals surface area contributed by atoms with Crippen LogP contribution in [0.1, 0.15) is 21.9 Å². The summed E-state index contributed by atoms with van der Waals surface area (Å²) in [4.78, 5) is 20.7. The van der Waals surface area contributed by atoms with Crippen LogP contribution >= 0.6 is 11.6 Å². The van der Waals surface area contributed by atoms with Gasteiger partial charge in [0.15, 0.2) is 0 Å². The lowest BCUT2D eigenvalue weighted by Crippen LogP contribution is -2.16. The van der Waals surface area contributed by atoms with E-state index < -0.39 is 0 Å². The minimum Gasteiger partial charge on any atom is -0.366 e. The predicted octanol–water partition coefficient (Wildman–Crippen LogP) is 3.60. The molecule has 2 rings (SSSR count). The number of hydrogen-bond donors (Lipinski definition) is 2. The summed E-state index contributed by atoms with van der Waals surface area (Å²) in [5.41, 5.74) is 1.89. The Balaban J connectivity index is 2.21. The Hall–Kier alpha value is -2.40. The van der Waals surface area contributed by atoms with Gasteiger partial charge in [0.2, 0.25) is 0 Å². The van der Waals surface area contributed by atoms with Crippen molar-refractivity contribution in [1.29, 1.82) is 0 Å². The fourth-order valence-corrected chi connectivity index (χ4v) is 2.13. The summed E-state index contributed by atoms with van der Waals surface area (Å²) in [6.45, 7) is 7.81. The molecule has 2 aromatic rings. The van der Waals surface area contributed by atoms with E-state index in [4.69, 9.17) is 11.6 Å². The van der Waals surface area contributed by atoms with E-state index in [1.807, 2.05) is 6.92 Å². The van der Waals surface area contributed by atoms with Gasteiger partial charge in [-0.05, 0) is 37.6 Å². The molecule has 0 saturated heterocycles. The van der Waals surface area contributed by atoms with Crippen LogP contribution in [-0.4, -0.2) is 22.4 Å². The number of amides is 1. The second kappa shape index (κ2) is 7.04. The van der Waals surface area contributed by atoms with Gasteiger partial charge in [0.05, 0.1) is 0 Å². The third kappa shape index (κ3) is 4.05. The molecule has 0 saturated carbocycles. The molecule has 114 valence electrons. The number of nitrogens with zero attached hydrogens (tertiary/aromatic N) is 2. The van der Waals surface area contributed by atoms with E-state index in [9.17, 15) is 4.79 Å². The summed E-state index contributed by atoms with van der Waals surface area (Å²) < 4.78 is 0. The number of nitrogens with one attached hydrogen (secondary N) is 2. The second-order valence-corrected chi connectivity index (χ2v) is 5.21. The average Bonchev–Trinajstić information content (AvgIpc) is 2.47. The summed E-state index contributed by atoms with van der Waals surface area (Å²) in [6, 6.07) is 6.89. The molecular formula is C16H17ClN4O. The van der Waals surface area contributed by atoms with E-state index in [0.29, 0.717) is 34.6 Å². The number of aromatic nitrogens is 2. The lowest BCUT2D eigenvalue weighted by Gasteiger charge is -2.10. The van der Waals surface area contributed by atoms with Gasteiger partial charge < -0.3 is 10.6 Å².